The van der Waals surface area contributed by atoms with E-state index in [0.717, 1.165) is 33.5 Å². The zero-order valence-corrected chi connectivity index (χ0v) is 19.6. The van der Waals surface area contributed by atoms with Crippen molar-refractivity contribution in [1.29, 1.82) is 0 Å². The van der Waals surface area contributed by atoms with Crippen LogP contribution in [-0.2, 0) is 11.2 Å². The van der Waals surface area contributed by atoms with Crippen LogP contribution in [0.25, 0.3) is 10.9 Å². The Hall–Kier alpha value is -4.65. The number of fused-ring (bicyclic) bond motifs is 1. The van der Waals surface area contributed by atoms with Gasteiger partial charge in [0, 0.05) is 40.2 Å². The molecule has 5 aromatic rings. The van der Waals surface area contributed by atoms with Crippen LogP contribution in [-0.4, -0.2) is 20.9 Å². The smallest absolute Gasteiger partial charge is 0.228 e. The number of aromatic nitrogens is 3. The Morgan fingerprint density at radius 2 is 1.40 bits per heavy atom. The number of H-pyrrole nitrogens is 1. The first kappa shape index (κ1) is 22.2. The Morgan fingerprint density at radius 3 is 2.09 bits per heavy atom. The Balaban J connectivity index is 1.22. The Kier molecular flexibility index (Phi) is 6.13. The number of para-hydroxylation sites is 1. The van der Waals surface area contributed by atoms with E-state index in [-0.39, 0.29) is 5.91 Å². The summed E-state index contributed by atoms with van der Waals surface area (Å²) in [4.78, 5) is 24.8. The van der Waals surface area contributed by atoms with E-state index in [2.05, 4.69) is 50.0 Å². The number of rotatable bonds is 7. The van der Waals surface area contributed by atoms with Gasteiger partial charge < -0.3 is 20.9 Å². The summed E-state index contributed by atoms with van der Waals surface area (Å²) in [7, 11) is 0. The molecule has 0 saturated heterocycles. The molecule has 2 aromatic heterocycles. The zero-order valence-electron chi connectivity index (χ0n) is 19.6. The quantitative estimate of drug-likeness (QED) is 0.230. The van der Waals surface area contributed by atoms with E-state index in [9.17, 15) is 4.79 Å². The van der Waals surface area contributed by atoms with Crippen LogP contribution in [0.15, 0.2) is 85.1 Å². The third kappa shape index (κ3) is 5.47. The zero-order chi connectivity index (χ0) is 24.2. The van der Waals surface area contributed by atoms with Crippen molar-refractivity contribution < 1.29 is 4.79 Å². The van der Waals surface area contributed by atoms with Crippen LogP contribution in [0.3, 0.4) is 0 Å². The number of anilines is 5. The van der Waals surface area contributed by atoms with Gasteiger partial charge in [-0.25, -0.2) is 9.97 Å². The van der Waals surface area contributed by atoms with E-state index < -0.39 is 0 Å². The normalized spacial score (nSPS) is 10.8. The monoisotopic (exact) mass is 462 g/mol. The average molecular weight is 463 g/mol. The van der Waals surface area contributed by atoms with Gasteiger partial charge in [-0.2, -0.15) is 0 Å². The first-order valence-electron chi connectivity index (χ1n) is 11.4. The lowest BCUT2D eigenvalue weighted by Gasteiger charge is -2.11. The first-order chi connectivity index (χ1) is 17.0. The predicted molar refractivity (Wildman–Crippen MR) is 142 cm³/mol. The van der Waals surface area contributed by atoms with Crippen LogP contribution >= 0.6 is 0 Å². The summed E-state index contributed by atoms with van der Waals surface area (Å²) < 4.78 is 0. The molecule has 7 heteroatoms. The summed E-state index contributed by atoms with van der Waals surface area (Å²) in [6.07, 6.45) is 2.20. The molecule has 2 heterocycles. The van der Waals surface area contributed by atoms with Crippen LogP contribution in [0.2, 0.25) is 0 Å². The number of nitrogens with one attached hydrogen (secondary N) is 4. The molecule has 0 spiro atoms. The third-order valence-corrected chi connectivity index (χ3v) is 5.63. The highest BCUT2D eigenvalue weighted by molar-refractivity contribution is 5.95. The van der Waals surface area contributed by atoms with Crippen LogP contribution in [0.1, 0.15) is 17.0 Å². The van der Waals surface area contributed by atoms with Gasteiger partial charge >= 0.3 is 0 Å². The second-order valence-electron chi connectivity index (χ2n) is 8.46. The topological polar surface area (TPSA) is 94.7 Å². The highest BCUT2D eigenvalue weighted by atomic mass is 16.1. The lowest BCUT2D eigenvalue weighted by molar-refractivity contribution is -0.115. The number of hydrogen-bond acceptors (Lipinski definition) is 5. The van der Waals surface area contributed by atoms with Crippen LogP contribution in [0.5, 0.6) is 0 Å². The molecule has 5 rings (SSSR count). The van der Waals surface area contributed by atoms with E-state index in [1.54, 1.807) is 0 Å². The number of aromatic amines is 1. The maximum Gasteiger partial charge on any atom is 0.228 e. The van der Waals surface area contributed by atoms with Crippen molar-refractivity contribution >= 4 is 45.5 Å². The van der Waals surface area contributed by atoms with E-state index >= 15 is 0 Å². The maximum atomic E-state index is 12.6. The molecule has 1 amide bonds. The van der Waals surface area contributed by atoms with Gasteiger partial charge in [0.15, 0.2) is 0 Å². The summed E-state index contributed by atoms with van der Waals surface area (Å²) in [5.41, 5.74) is 5.77. The Morgan fingerprint density at radius 1 is 0.800 bits per heavy atom. The summed E-state index contributed by atoms with van der Waals surface area (Å²) >= 11 is 0. The standard InChI is InChI=1S/C28H26N6O/c1-18-7-9-21(10-8-18)32-26-16-27(31-19(2)30-26)33-22-11-13-23(14-12-22)34-28(35)15-20-17-29-25-6-4-3-5-24(20)25/h3-14,16-17,29H,15H2,1-2H3,(H,34,35)(H2,30,31,32,33). The highest BCUT2D eigenvalue weighted by Crippen LogP contribution is 2.23. The molecule has 35 heavy (non-hydrogen) atoms. The van der Waals surface area contributed by atoms with Gasteiger partial charge in [-0.05, 0) is 61.9 Å². The first-order valence-corrected chi connectivity index (χ1v) is 11.4. The summed E-state index contributed by atoms with van der Waals surface area (Å²) in [6, 6.07) is 25.5. The lowest BCUT2D eigenvalue weighted by Crippen LogP contribution is -2.14. The number of hydrogen-bond donors (Lipinski definition) is 4. The minimum atomic E-state index is -0.0614. The lowest BCUT2D eigenvalue weighted by atomic mass is 10.1. The van der Waals surface area contributed by atoms with Gasteiger partial charge in [-0.15, -0.1) is 0 Å². The molecule has 0 bridgehead atoms. The van der Waals surface area contributed by atoms with Crippen molar-refractivity contribution in [3.05, 3.63) is 102 Å². The number of benzene rings is 3. The molecule has 0 saturated carbocycles. The fourth-order valence-electron chi connectivity index (χ4n) is 3.92. The van der Waals surface area contributed by atoms with E-state index in [0.29, 0.717) is 23.9 Å². The molecule has 0 aliphatic carbocycles. The molecular formula is C28H26N6O. The summed E-state index contributed by atoms with van der Waals surface area (Å²) in [5, 5.41) is 10.7. The van der Waals surface area contributed by atoms with Gasteiger partial charge in [0.25, 0.3) is 0 Å². The van der Waals surface area contributed by atoms with E-state index in [1.165, 1.54) is 5.56 Å². The molecule has 0 fully saturated rings. The molecule has 0 radical (unpaired) electrons. The number of amides is 1. The summed E-state index contributed by atoms with van der Waals surface area (Å²) in [5.74, 6) is 1.99. The Labute approximate surface area is 203 Å². The van der Waals surface area contributed by atoms with E-state index in [4.69, 9.17) is 0 Å². The minimum absolute atomic E-state index is 0.0614. The third-order valence-electron chi connectivity index (χ3n) is 5.63. The molecule has 174 valence electrons. The number of carbonyl (C=O) groups excluding carboxylic acids is 1. The molecule has 0 aliphatic rings. The van der Waals surface area contributed by atoms with Crippen molar-refractivity contribution in [2.75, 3.05) is 16.0 Å². The minimum Gasteiger partial charge on any atom is -0.361 e. The van der Waals surface area contributed by atoms with Crippen LogP contribution < -0.4 is 16.0 Å². The molecule has 0 atom stereocenters. The number of aryl methyl sites for hydroxylation is 2. The highest BCUT2D eigenvalue weighted by Gasteiger charge is 2.09. The van der Waals surface area contributed by atoms with E-state index in [1.807, 2.05) is 79.9 Å². The van der Waals surface area contributed by atoms with Gasteiger partial charge in [0.05, 0.1) is 6.42 Å². The van der Waals surface area contributed by atoms with Crippen molar-refractivity contribution in [2.24, 2.45) is 0 Å². The van der Waals surface area contributed by atoms with Gasteiger partial charge in [-0.3, -0.25) is 4.79 Å². The molecule has 0 unspecified atom stereocenters. The number of carbonyl (C=O) groups is 1. The maximum absolute atomic E-state index is 12.6. The molecular weight excluding hydrogens is 436 g/mol. The van der Waals surface area contributed by atoms with Gasteiger partial charge in [-0.1, -0.05) is 35.9 Å². The van der Waals surface area contributed by atoms with Crippen LogP contribution in [0, 0.1) is 13.8 Å². The van der Waals surface area contributed by atoms with Crippen LogP contribution in [0.4, 0.5) is 28.7 Å². The van der Waals surface area contributed by atoms with Crippen molar-refractivity contribution in [1.82, 2.24) is 15.0 Å². The Bertz CT molecular complexity index is 1470. The fraction of sp³-hybridized carbons (Fsp3) is 0.107. The average Bonchev–Trinajstić information content (AvgIpc) is 3.24. The SMILES string of the molecule is Cc1ccc(Nc2cc(Nc3ccc(NC(=O)Cc4c[nH]c5ccccc45)cc3)nc(C)n2)cc1. The van der Waals surface area contributed by atoms with Crippen molar-refractivity contribution in [3.8, 4) is 0 Å². The molecule has 3 aromatic carbocycles. The second kappa shape index (κ2) is 9.69. The predicted octanol–water partition coefficient (Wildman–Crippen LogP) is 6.24. The molecule has 7 nitrogen and oxygen atoms in total. The van der Waals surface area contributed by atoms with Gasteiger partial charge in [0.1, 0.15) is 17.5 Å². The largest absolute Gasteiger partial charge is 0.361 e. The molecule has 4 N–H and O–H groups in total. The van der Waals surface area contributed by atoms with Crippen molar-refractivity contribution in [2.45, 2.75) is 20.3 Å². The number of nitrogens with zero attached hydrogens (tertiary/aromatic N) is 2. The fourth-order valence-corrected chi connectivity index (χ4v) is 3.92. The van der Waals surface area contributed by atoms with Gasteiger partial charge in [0.2, 0.25) is 5.91 Å². The summed E-state index contributed by atoms with van der Waals surface area (Å²) in [6.45, 7) is 3.92. The van der Waals surface area contributed by atoms with Crippen molar-refractivity contribution in [3.63, 3.8) is 0 Å². The second-order valence-corrected chi connectivity index (χ2v) is 8.46. The molecule has 0 aliphatic heterocycles.